The highest BCUT2D eigenvalue weighted by Gasteiger charge is 2.20. The number of hydrogen-bond acceptors (Lipinski definition) is 7. The van der Waals surface area contributed by atoms with Gasteiger partial charge >= 0.3 is 7.75 Å². The lowest BCUT2D eigenvalue weighted by Gasteiger charge is -2.01. The van der Waals surface area contributed by atoms with Crippen molar-refractivity contribution < 1.29 is 24.0 Å². The van der Waals surface area contributed by atoms with Crippen LogP contribution in [0.15, 0.2) is 5.16 Å². The molecule has 0 saturated heterocycles. The normalized spacial score (nSPS) is 12.3. The Kier molecular flexibility index (Phi) is 4.73. The summed E-state index contributed by atoms with van der Waals surface area (Å²) in [6, 6.07) is 0. The number of nitrogens with one attached hydrogen (secondary N) is 1. The van der Waals surface area contributed by atoms with Crippen LogP contribution >= 0.6 is 19.3 Å². The van der Waals surface area contributed by atoms with E-state index >= 15 is 0 Å². The molecule has 1 aromatic rings. The zero-order valence-electron chi connectivity index (χ0n) is 9.10. The van der Waals surface area contributed by atoms with Crippen LogP contribution in [0.2, 0.25) is 0 Å². The van der Waals surface area contributed by atoms with Gasteiger partial charge in [0.15, 0.2) is 0 Å². The van der Waals surface area contributed by atoms with Crippen LogP contribution in [0.5, 0.6) is 0 Å². The Balaban J connectivity index is 2.95. The number of rotatable bonds is 6. The number of carbonyl (C=O) groups excluding carboxylic acids is 1. The second kappa shape index (κ2) is 5.87. The molecule has 0 aliphatic carbocycles. The predicted molar refractivity (Wildman–Crippen MR) is 62.9 cm³/mol. The number of anilines is 1. The Morgan fingerprint density at radius 1 is 1.67 bits per heavy atom. The Bertz CT molecular complexity index is 510. The van der Waals surface area contributed by atoms with Crippen LogP contribution in [0.3, 0.4) is 0 Å². The van der Waals surface area contributed by atoms with Gasteiger partial charge in [-0.15, -0.1) is 0 Å². The molecule has 1 amide bonds. The van der Waals surface area contributed by atoms with E-state index in [4.69, 9.17) is 15.5 Å². The van der Waals surface area contributed by atoms with E-state index in [1.165, 1.54) is 0 Å². The third kappa shape index (κ3) is 4.37. The second-order valence-corrected chi connectivity index (χ2v) is 4.86. The summed E-state index contributed by atoms with van der Waals surface area (Å²) in [5.41, 5.74) is 4.72. The molecule has 18 heavy (non-hydrogen) atoms. The first-order valence-electron chi connectivity index (χ1n) is 4.51. The van der Waals surface area contributed by atoms with E-state index in [0.29, 0.717) is 11.5 Å². The van der Waals surface area contributed by atoms with E-state index in [2.05, 4.69) is 19.4 Å². The van der Waals surface area contributed by atoms with E-state index in [1.54, 1.807) is 6.92 Å². The van der Waals surface area contributed by atoms with Gasteiger partial charge in [-0.1, -0.05) is 5.16 Å². The molecule has 0 radical (unpaired) electrons. The van der Waals surface area contributed by atoms with E-state index < -0.39 is 13.7 Å². The summed E-state index contributed by atoms with van der Waals surface area (Å²) in [6.45, 7) is 1.87. The standard InChI is InChI=1S/C6H10N5O5PS/c1-2-16-9-3(4(7)12)5-8-6(18-11-5)10-17(13,14)15/h2H2,1H3,(H2,7,12)(H3,8,10,11,13,14,15)/b9-3+. The van der Waals surface area contributed by atoms with Crippen LogP contribution in [0.1, 0.15) is 12.7 Å². The minimum atomic E-state index is -4.48. The van der Waals surface area contributed by atoms with Crippen molar-refractivity contribution in [1.82, 2.24) is 9.36 Å². The van der Waals surface area contributed by atoms with Crippen molar-refractivity contribution in [3.63, 3.8) is 0 Å². The van der Waals surface area contributed by atoms with Gasteiger partial charge < -0.3 is 20.4 Å². The maximum absolute atomic E-state index is 11.1. The van der Waals surface area contributed by atoms with Crippen molar-refractivity contribution >= 4 is 36.0 Å². The predicted octanol–water partition coefficient (Wildman–Crippen LogP) is -0.731. The maximum atomic E-state index is 11.1. The first kappa shape index (κ1) is 14.5. The summed E-state index contributed by atoms with van der Waals surface area (Å²) in [5.74, 6) is -1.08. The lowest BCUT2D eigenvalue weighted by atomic mass is 10.3. The third-order valence-electron chi connectivity index (χ3n) is 1.40. The molecule has 0 bridgehead atoms. The van der Waals surface area contributed by atoms with Crippen LogP contribution in [0.25, 0.3) is 0 Å². The van der Waals surface area contributed by atoms with Crippen molar-refractivity contribution in [3.05, 3.63) is 5.82 Å². The molecule has 0 saturated carbocycles. The van der Waals surface area contributed by atoms with Gasteiger partial charge in [-0.05, 0) is 6.92 Å². The quantitative estimate of drug-likeness (QED) is 0.303. The molecule has 10 nitrogen and oxygen atoms in total. The number of nitrogens with zero attached hydrogens (tertiary/aromatic N) is 3. The average molecular weight is 295 g/mol. The van der Waals surface area contributed by atoms with Crippen LogP contribution < -0.4 is 10.8 Å². The molecule has 0 aromatic carbocycles. The van der Waals surface area contributed by atoms with Crippen molar-refractivity contribution in [1.29, 1.82) is 0 Å². The molecule has 0 aliphatic rings. The lowest BCUT2D eigenvalue weighted by Crippen LogP contribution is -2.25. The van der Waals surface area contributed by atoms with Gasteiger partial charge in [0.05, 0.1) is 0 Å². The average Bonchev–Trinajstić information content (AvgIpc) is 2.63. The summed E-state index contributed by atoms with van der Waals surface area (Å²) in [5, 5.41) is 5.08. The molecule has 0 atom stereocenters. The molecule has 0 spiro atoms. The molecule has 1 heterocycles. The molecule has 0 unspecified atom stereocenters. The van der Waals surface area contributed by atoms with Gasteiger partial charge in [-0.25, -0.2) is 4.57 Å². The van der Waals surface area contributed by atoms with Gasteiger partial charge in [-0.2, -0.15) is 9.36 Å². The van der Waals surface area contributed by atoms with Gasteiger partial charge in [0, 0.05) is 11.5 Å². The Labute approximate surface area is 105 Å². The fourth-order valence-electron chi connectivity index (χ4n) is 0.815. The first-order chi connectivity index (χ1) is 8.33. The van der Waals surface area contributed by atoms with Gasteiger partial charge in [0.1, 0.15) is 6.61 Å². The highest BCUT2D eigenvalue weighted by Crippen LogP contribution is 2.35. The van der Waals surface area contributed by atoms with Crippen LogP contribution in [-0.2, 0) is 14.2 Å². The van der Waals surface area contributed by atoms with Crippen LogP contribution in [-0.4, -0.2) is 37.4 Å². The molecular weight excluding hydrogens is 285 g/mol. The molecule has 0 fully saturated rings. The van der Waals surface area contributed by atoms with Gasteiger partial charge in [0.25, 0.3) is 5.91 Å². The summed E-state index contributed by atoms with van der Waals surface area (Å²) < 4.78 is 14.3. The van der Waals surface area contributed by atoms with E-state index in [-0.39, 0.29) is 23.3 Å². The number of nitrogens with two attached hydrogens (primary N) is 1. The van der Waals surface area contributed by atoms with Crippen molar-refractivity contribution in [2.45, 2.75) is 6.92 Å². The van der Waals surface area contributed by atoms with E-state index in [0.717, 1.165) is 0 Å². The maximum Gasteiger partial charge on any atom is 0.429 e. The first-order valence-corrected chi connectivity index (χ1v) is 6.89. The number of hydrogen-bond donors (Lipinski definition) is 4. The molecule has 5 N–H and O–H groups in total. The monoisotopic (exact) mass is 295 g/mol. The topological polar surface area (TPSA) is 160 Å². The minimum absolute atomic E-state index is 0.163. The number of aromatic nitrogens is 2. The molecule has 100 valence electrons. The Morgan fingerprint density at radius 2 is 2.33 bits per heavy atom. The third-order valence-corrected chi connectivity index (χ3v) is 2.68. The highest BCUT2D eigenvalue weighted by atomic mass is 32.1. The van der Waals surface area contributed by atoms with Crippen LogP contribution in [0, 0.1) is 0 Å². The Hall–Kier alpha value is -1.55. The molecule has 1 aromatic heterocycles. The van der Waals surface area contributed by atoms with E-state index in [1.807, 2.05) is 5.09 Å². The van der Waals surface area contributed by atoms with Crippen molar-refractivity contribution in [2.75, 3.05) is 11.7 Å². The highest BCUT2D eigenvalue weighted by molar-refractivity contribution is 7.54. The molecule has 1 rings (SSSR count). The summed E-state index contributed by atoms with van der Waals surface area (Å²) in [6.07, 6.45) is 0. The molecular formula is C6H10N5O5PS. The fraction of sp³-hybridized carbons (Fsp3) is 0.333. The van der Waals surface area contributed by atoms with Gasteiger partial charge in [-0.3, -0.25) is 9.88 Å². The minimum Gasteiger partial charge on any atom is -0.395 e. The lowest BCUT2D eigenvalue weighted by molar-refractivity contribution is -0.112. The fourth-order valence-corrected chi connectivity index (χ4v) is 2.06. The largest absolute Gasteiger partial charge is 0.429 e. The molecule has 0 aliphatic heterocycles. The van der Waals surface area contributed by atoms with Gasteiger partial charge in [0.2, 0.25) is 16.7 Å². The zero-order chi connectivity index (χ0) is 13.8. The number of carbonyl (C=O) groups is 1. The van der Waals surface area contributed by atoms with Crippen molar-refractivity contribution in [2.24, 2.45) is 10.9 Å². The second-order valence-electron chi connectivity index (χ2n) is 2.80. The number of oxime groups is 1. The molecule has 12 heteroatoms. The number of amides is 1. The summed E-state index contributed by atoms with van der Waals surface area (Å²) in [4.78, 5) is 36.7. The van der Waals surface area contributed by atoms with Crippen molar-refractivity contribution in [3.8, 4) is 0 Å². The smallest absolute Gasteiger partial charge is 0.395 e. The SMILES string of the molecule is CCO/N=C(\C(N)=O)c1nsc(NP(=O)(O)O)n1. The van der Waals surface area contributed by atoms with Crippen LogP contribution in [0.4, 0.5) is 5.13 Å². The Morgan fingerprint density at radius 3 is 2.83 bits per heavy atom. The number of primary amides is 1. The zero-order valence-corrected chi connectivity index (χ0v) is 10.8. The summed E-state index contributed by atoms with van der Waals surface area (Å²) in [7, 11) is -4.48. The van der Waals surface area contributed by atoms with E-state index in [9.17, 15) is 9.36 Å². The summed E-state index contributed by atoms with van der Waals surface area (Å²) >= 11 is 0.647.